The first kappa shape index (κ1) is 23.7. The SMILES string of the molecule is O=C(Nc1ccn([C@@H]2CS[C@H](CO)O2)c(=O)n1)c1cccnc1Nc1cccc(C(F)(F)F)c1. The highest BCUT2D eigenvalue weighted by Crippen LogP contribution is 2.32. The van der Waals surface area contributed by atoms with E-state index in [4.69, 9.17) is 9.84 Å². The summed E-state index contributed by atoms with van der Waals surface area (Å²) in [5.74, 6) is -0.206. The van der Waals surface area contributed by atoms with Crippen LogP contribution in [0, 0.1) is 0 Å². The van der Waals surface area contributed by atoms with E-state index in [1.54, 1.807) is 0 Å². The fraction of sp³-hybridized carbons (Fsp3) is 0.238. The molecule has 0 unspecified atom stereocenters. The van der Waals surface area contributed by atoms with Crippen molar-refractivity contribution in [3.05, 3.63) is 76.5 Å². The van der Waals surface area contributed by atoms with E-state index in [-0.39, 0.29) is 29.5 Å². The van der Waals surface area contributed by atoms with Gasteiger partial charge in [-0.2, -0.15) is 18.2 Å². The van der Waals surface area contributed by atoms with Gasteiger partial charge in [0.2, 0.25) is 0 Å². The van der Waals surface area contributed by atoms with Gasteiger partial charge in [0.05, 0.1) is 17.7 Å². The van der Waals surface area contributed by atoms with Gasteiger partial charge in [0.1, 0.15) is 23.3 Å². The average molecular weight is 493 g/mol. The molecule has 1 aromatic carbocycles. The number of amides is 1. The van der Waals surface area contributed by atoms with Gasteiger partial charge in [0.25, 0.3) is 5.91 Å². The summed E-state index contributed by atoms with van der Waals surface area (Å²) in [6.07, 6.45) is -2.31. The maximum atomic E-state index is 13.0. The van der Waals surface area contributed by atoms with Crippen LogP contribution >= 0.6 is 11.8 Å². The lowest BCUT2D eigenvalue weighted by atomic mass is 10.2. The van der Waals surface area contributed by atoms with Crippen LogP contribution in [-0.2, 0) is 10.9 Å². The van der Waals surface area contributed by atoms with Crippen molar-refractivity contribution in [1.82, 2.24) is 14.5 Å². The largest absolute Gasteiger partial charge is 0.416 e. The zero-order valence-corrected chi connectivity index (χ0v) is 18.1. The summed E-state index contributed by atoms with van der Waals surface area (Å²) in [5, 5.41) is 14.4. The standard InChI is InChI=1S/C21H18F3N5O4S/c22-21(23,24)12-3-1-4-13(9-12)26-18-14(5-2-7-25-18)19(31)27-15-6-8-29(20(32)28-15)16-11-34-17(10-30)33-16/h1-9,16-17,30H,10-11H2,(H,25,26)(H,27,28,31,32)/t16-,17+/m0/s1. The second-order valence-corrected chi connectivity index (χ2v) is 8.29. The molecule has 3 N–H and O–H groups in total. The zero-order chi connectivity index (χ0) is 24.3. The number of rotatable bonds is 6. The Labute approximate surface area is 195 Å². The Morgan fingerprint density at radius 1 is 1.26 bits per heavy atom. The summed E-state index contributed by atoms with van der Waals surface area (Å²) in [5.41, 5.74) is -1.80. The molecule has 0 bridgehead atoms. The van der Waals surface area contributed by atoms with Gasteiger partial charge >= 0.3 is 11.9 Å². The lowest BCUT2D eigenvalue weighted by Crippen LogP contribution is -2.29. The van der Waals surface area contributed by atoms with Crippen LogP contribution in [0.2, 0.25) is 0 Å². The maximum Gasteiger partial charge on any atom is 0.416 e. The van der Waals surface area contributed by atoms with Crippen molar-refractivity contribution in [2.45, 2.75) is 17.8 Å². The predicted molar refractivity (Wildman–Crippen MR) is 119 cm³/mol. The van der Waals surface area contributed by atoms with Crippen LogP contribution in [0.5, 0.6) is 0 Å². The molecule has 2 atom stereocenters. The molecule has 0 radical (unpaired) electrons. The van der Waals surface area contributed by atoms with Crippen LogP contribution in [-0.4, -0.2) is 43.3 Å². The number of thioether (sulfide) groups is 1. The number of alkyl halides is 3. The Bertz CT molecular complexity index is 1250. The number of pyridine rings is 1. The number of benzene rings is 1. The monoisotopic (exact) mass is 493 g/mol. The lowest BCUT2D eigenvalue weighted by Gasteiger charge is -2.15. The van der Waals surface area contributed by atoms with Crippen molar-refractivity contribution in [2.24, 2.45) is 0 Å². The van der Waals surface area contributed by atoms with Crippen molar-refractivity contribution in [3.8, 4) is 0 Å². The average Bonchev–Trinajstić information content (AvgIpc) is 3.28. The third-order valence-electron chi connectivity index (χ3n) is 4.77. The highest BCUT2D eigenvalue weighted by atomic mass is 32.2. The summed E-state index contributed by atoms with van der Waals surface area (Å²) in [4.78, 5) is 33.1. The molecule has 3 aromatic rings. The Balaban J connectivity index is 1.50. The summed E-state index contributed by atoms with van der Waals surface area (Å²) in [7, 11) is 0. The van der Waals surface area contributed by atoms with Gasteiger partial charge in [0, 0.05) is 23.8 Å². The van der Waals surface area contributed by atoms with Gasteiger partial charge in [-0.05, 0) is 36.4 Å². The Kier molecular flexibility index (Phi) is 6.86. The van der Waals surface area contributed by atoms with Crippen LogP contribution in [0.15, 0.2) is 59.7 Å². The number of halogens is 3. The van der Waals surface area contributed by atoms with Crippen molar-refractivity contribution in [2.75, 3.05) is 23.0 Å². The Morgan fingerprint density at radius 2 is 2.09 bits per heavy atom. The van der Waals surface area contributed by atoms with Crippen molar-refractivity contribution in [1.29, 1.82) is 0 Å². The third-order valence-corrected chi connectivity index (χ3v) is 5.88. The molecule has 1 saturated heterocycles. The number of carbonyl (C=O) groups excluding carboxylic acids is 1. The maximum absolute atomic E-state index is 13.0. The van der Waals surface area contributed by atoms with Gasteiger partial charge in [-0.1, -0.05) is 6.07 Å². The van der Waals surface area contributed by atoms with Crippen molar-refractivity contribution >= 4 is 35.0 Å². The van der Waals surface area contributed by atoms with Gasteiger partial charge in [-0.3, -0.25) is 9.36 Å². The zero-order valence-electron chi connectivity index (χ0n) is 17.3. The van der Waals surface area contributed by atoms with Crippen LogP contribution < -0.4 is 16.3 Å². The number of hydrogen-bond acceptors (Lipinski definition) is 8. The van der Waals surface area contributed by atoms with E-state index in [2.05, 4.69) is 20.6 Å². The van der Waals surface area contributed by atoms with Crippen LogP contribution in [0.25, 0.3) is 0 Å². The van der Waals surface area contributed by atoms with Crippen LogP contribution in [0.3, 0.4) is 0 Å². The Morgan fingerprint density at radius 3 is 2.79 bits per heavy atom. The second-order valence-electron chi connectivity index (χ2n) is 7.10. The van der Waals surface area contributed by atoms with Gasteiger partial charge in [-0.15, -0.1) is 11.8 Å². The summed E-state index contributed by atoms with van der Waals surface area (Å²) < 4.78 is 45.8. The summed E-state index contributed by atoms with van der Waals surface area (Å²) in [6, 6.07) is 8.82. The number of anilines is 3. The van der Waals surface area contributed by atoms with Gasteiger partial charge in [0.15, 0.2) is 0 Å². The molecule has 3 heterocycles. The van der Waals surface area contributed by atoms with E-state index >= 15 is 0 Å². The molecule has 1 aliphatic heterocycles. The normalized spacial score (nSPS) is 18.0. The van der Waals surface area contributed by atoms with Gasteiger partial charge < -0.3 is 20.5 Å². The molecule has 9 nitrogen and oxygen atoms in total. The number of ether oxygens (including phenoxy) is 1. The van der Waals surface area contributed by atoms with E-state index < -0.39 is 35.0 Å². The number of aliphatic hydroxyl groups excluding tert-OH is 1. The molecule has 1 amide bonds. The second kappa shape index (κ2) is 9.83. The topological polar surface area (TPSA) is 118 Å². The summed E-state index contributed by atoms with van der Waals surface area (Å²) >= 11 is 1.36. The van der Waals surface area contributed by atoms with Crippen molar-refractivity contribution < 1.29 is 27.8 Å². The number of aliphatic hydroxyl groups is 1. The smallest absolute Gasteiger partial charge is 0.393 e. The minimum absolute atomic E-state index is 0.0236. The minimum Gasteiger partial charge on any atom is -0.393 e. The van der Waals surface area contributed by atoms with E-state index in [9.17, 15) is 22.8 Å². The molecule has 0 aliphatic carbocycles. The Hall–Kier alpha value is -3.42. The van der Waals surface area contributed by atoms with E-state index in [1.807, 2.05) is 0 Å². The molecule has 0 saturated carbocycles. The fourth-order valence-electron chi connectivity index (χ4n) is 3.17. The molecule has 1 aliphatic rings. The van der Waals surface area contributed by atoms with Crippen molar-refractivity contribution in [3.63, 3.8) is 0 Å². The molecule has 1 fully saturated rings. The van der Waals surface area contributed by atoms with E-state index in [0.717, 1.165) is 12.1 Å². The predicted octanol–water partition coefficient (Wildman–Crippen LogP) is 3.23. The highest BCUT2D eigenvalue weighted by Gasteiger charge is 2.30. The number of carbonyl (C=O) groups is 1. The molecule has 13 heteroatoms. The molecular formula is C21H18F3N5O4S. The number of hydrogen-bond donors (Lipinski definition) is 3. The third kappa shape index (κ3) is 5.38. The molecule has 34 heavy (non-hydrogen) atoms. The van der Waals surface area contributed by atoms with E-state index in [0.29, 0.717) is 5.75 Å². The highest BCUT2D eigenvalue weighted by molar-refractivity contribution is 8.00. The summed E-state index contributed by atoms with van der Waals surface area (Å²) in [6.45, 7) is -0.181. The molecular weight excluding hydrogens is 475 g/mol. The number of nitrogens with one attached hydrogen (secondary N) is 2. The number of nitrogens with zero attached hydrogens (tertiary/aromatic N) is 3. The first-order chi connectivity index (χ1) is 16.2. The van der Waals surface area contributed by atoms with Crippen LogP contribution in [0.4, 0.5) is 30.5 Å². The van der Waals surface area contributed by atoms with Crippen LogP contribution in [0.1, 0.15) is 22.1 Å². The molecule has 4 rings (SSSR count). The molecule has 178 valence electrons. The molecule has 2 aromatic heterocycles. The molecule has 0 spiro atoms. The lowest BCUT2D eigenvalue weighted by molar-refractivity contribution is -0.137. The fourth-order valence-corrected chi connectivity index (χ4v) is 4.10. The minimum atomic E-state index is -4.52. The quantitative estimate of drug-likeness (QED) is 0.479. The number of aromatic nitrogens is 3. The van der Waals surface area contributed by atoms with E-state index in [1.165, 1.54) is 59.1 Å². The van der Waals surface area contributed by atoms with Gasteiger partial charge in [-0.25, -0.2) is 9.78 Å². The first-order valence-corrected chi connectivity index (χ1v) is 11.0. The first-order valence-electron chi connectivity index (χ1n) is 9.92.